The van der Waals surface area contributed by atoms with E-state index in [1.54, 1.807) is 0 Å². The normalized spacial score (nSPS) is 12.7. The summed E-state index contributed by atoms with van der Waals surface area (Å²) in [6.45, 7) is -5.38. The molecule has 84 valence electrons. The first-order valence-corrected chi connectivity index (χ1v) is 3.59. The Kier molecular flexibility index (Phi) is 2.82. The number of rotatable bonds is 2. The van der Waals surface area contributed by atoms with Gasteiger partial charge < -0.3 is 17.7 Å². The standard InChI is InChI=1S/C6H3BF6NO/c8-6(9,10)15-5-1-4(2-14-3-5)7(11,12)13/h1-3H/q-1. The molecule has 0 spiro atoms. The highest BCUT2D eigenvalue weighted by Crippen LogP contribution is 2.21. The summed E-state index contributed by atoms with van der Waals surface area (Å²) in [5.41, 5.74) is -1.24. The molecule has 0 unspecified atom stereocenters. The second kappa shape index (κ2) is 3.63. The van der Waals surface area contributed by atoms with Crippen LogP contribution in [0.1, 0.15) is 0 Å². The van der Waals surface area contributed by atoms with Gasteiger partial charge in [-0.3, -0.25) is 4.98 Å². The van der Waals surface area contributed by atoms with Gasteiger partial charge in [0.2, 0.25) is 0 Å². The quantitative estimate of drug-likeness (QED) is 0.572. The summed E-state index contributed by atoms with van der Waals surface area (Å²) in [6, 6.07) is 0.250. The van der Waals surface area contributed by atoms with E-state index in [1.807, 2.05) is 0 Å². The van der Waals surface area contributed by atoms with Crippen molar-refractivity contribution in [2.75, 3.05) is 0 Å². The number of aromatic nitrogens is 1. The van der Waals surface area contributed by atoms with Crippen molar-refractivity contribution in [3.8, 4) is 5.75 Å². The summed E-state index contributed by atoms with van der Waals surface area (Å²) < 4.78 is 74.5. The van der Waals surface area contributed by atoms with Crippen LogP contribution >= 0.6 is 0 Å². The number of alkyl halides is 3. The van der Waals surface area contributed by atoms with E-state index >= 15 is 0 Å². The Labute approximate surface area is 79.9 Å². The first-order chi connectivity index (χ1) is 6.68. The molecule has 0 aromatic carbocycles. The maximum atomic E-state index is 12.1. The molecular formula is C6H3BF6NO-. The molecule has 1 heterocycles. The van der Waals surface area contributed by atoms with Crippen molar-refractivity contribution in [2.24, 2.45) is 0 Å². The molecule has 0 aliphatic rings. The first-order valence-electron chi connectivity index (χ1n) is 3.59. The molecule has 0 amide bonds. The lowest BCUT2D eigenvalue weighted by Gasteiger charge is -2.15. The maximum absolute atomic E-state index is 12.1. The Hall–Kier alpha value is -1.41. The second-order valence-electron chi connectivity index (χ2n) is 2.58. The van der Waals surface area contributed by atoms with Gasteiger partial charge in [-0.1, -0.05) is 5.46 Å². The number of ether oxygens (including phenoxy) is 1. The Morgan fingerprint density at radius 2 is 1.73 bits per heavy atom. The molecule has 1 aromatic heterocycles. The van der Waals surface area contributed by atoms with E-state index < -0.39 is 24.6 Å². The Morgan fingerprint density at radius 3 is 2.20 bits per heavy atom. The lowest BCUT2D eigenvalue weighted by molar-refractivity contribution is -0.274. The molecule has 0 aliphatic carbocycles. The summed E-state index contributed by atoms with van der Waals surface area (Å²) in [5.74, 6) is -0.987. The van der Waals surface area contributed by atoms with Gasteiger partial charge in [0, 0.05) is 6.20 Å². The van der Waals surface area contributed by atoms with Crippen LogP contribution in [0.15, 0.2) is 18.5 Å². The molecule has 0 saturated heterocycles. The zero-order chi connectivity index (χ0) is 11.7. The number of halogens is 6. The van der Waals surface area contributed by atoms with Crippen molar-refractivity contribution in [3.63, 3.8) is 0 Å². The summed E-state index contributed by atoms with van der Waals surface area (Å²) >= 11 is 0. The largest absolute Gasteiger partial charge is 0.573 e. The van der Waals surface area contributed by atoms with Crippen LogP contribution in [0.25, 0.3) is 0 Å². The van der Waals surface area contributed by atoms with Gasteiger partial charge in [-0.2, -0.15) is 0 Å². The van der Waals surface area contributed by atoms with Crippen LogP contribution in [-0.2, 0) is 0 Å². The van der Waals surface area contributed by atoms with Crippen LogP contribution in [0.4, 0.5) is 26.1 Å². The average molecular weight is 230 g/mol. The lowest BCUT2D eigenvalue weighted by atomic mass is 9.81. The van der Waals surface area contributed by atoms with Crippen molar-refractivity contribution in [1.82, 2.24) is 4.98 Å². The number of nitrogens with zero attached hydrogens (tertiary/aromatic N) is 1. The fraction of sp³-hybridized carbons (Fsp3) is 0.167. The number of pyridine rings is 1. The Bertz CT molecular complexity index is 348. The average Bonchev–Trinajstić information content (AvgIpc) is 1.99. The Morgan fingerprint density at radius 1 is 1.13 bits per heavy atom. The van der Waals surface area contributed by atoms with E-state index in [0.29, 0.717) is 12.4 Å². The van der Waals surface area contributed by atoms with Crippen molar-refractivity contribution < 1.29 is 30.9 Å². The summed E-state index contributed by atoms with van der Waals surface area (Å²) in [4.78, 5) is 3.01. The minimum absolute atomic E-state index is 0.250. The fourth-order valence-electron chi connectivity index (χ4n) is 0.804. The smallest absolute Gasteiger partial charge is 0.445 e. The van der Waals surface area contributed by atoms with Crippen molar-refractivity contribution >= 4 is 12.4 Å². The summed E-state index contributed by atoms with van der Waals surface area (Å²) in [5, 5.41) is 0. The van der Waals surface area contributed by atoms with Gasteiger partial charge in [-0.15, -0.1) is 13.2 Å². The fourth-order valence-corrected chi connectivity index (χ4v) is 0.804. The molecule has 0 saturated carbocycles. The molecule has 0 bridgehead atoms. The Balaban J connectivity index is 2.94. The van der Waals surface area contributed by atoms with E-state index in [4.69, 9.17) is 0 Å². The maximum Gasteiger partial charge on any atom is 0.573 e. The molecule has 0 atom stereocenters. The van der Waals surface area contributed by atoms with Crippen LogP contribution in [0, 0.1) is 0 Å². The van der Waals surface area contributed by atoms with Gasteiger partial charge in [0.05, 0.1) is 6.20 Å². The van der Waals surface area contributed by atoms with Crippen molar-refractivity contribution in [1.29, 1.82) is 0 Å². The van der Waals surface area contributed by atoms with Gasteiger partial charge in [-0.05, 0) is 6.07 Å². The van der Waals surface area contributed by atoms with E-state index in [9.17, 15) is 26.1 Å². The van der Waals surface area contributed by atoms with Gasteiger partial charge in [0.25, 0.3) is 0 Å². The molecule has 15 heavy (non-hydrogen) atoms. The lowest BCUT2D eigenvalue weighted by Crippen LogP contribution is -2.34. The summed E-state index contributed by atoms with van der Waals surface area (Å²) in [6.07, 6.45) is -4.04. The van der Waals surface area contributed by atoms with Crippen molar-refractivity contribution in [3.05, 3.63) is 18.5 Å². The van der Waals surface area contributed by atoms with E-state index in [2.05, 4.69) is 9.72 Å². The van der Waals surface area contributed by atoms with E-state index in [0.717, 1.165) is 0 Å². The van der Waals surface area contributed by atoms with Crippen LogP contribution in [0.5, 0.6) is 5.75 Å². The second-order valence-corrected chi connectivity index (χ2v) is 2.58. The van der Waals surface area contributed by atoms with E-state index in [-0.39, 0.29) is 6.07 Å². The van der Waals surface area contributed by atoms with Crippen LogP contribution in [0.3, 0.4) is 0 Å². The molecule has 0 N–H and O–H groups in total. The number of hydrogen-bond acceptors (Lipinski definition) is 2. The predicted molar refractivity (Wildman–Crippen MR) is 39.6 cm³/mol. The molecule has 1 rings (SSSR count). The molecule has 1 aromatic rings. The van der Waals surface area contributed by atoms with Crippen molar-refractivity contribution in [2.45, 2.75) is 6.36 Å². The topological polar surface area (TPSA) is 22.1 Å². The van der Waals surface area contributed by atoms with Crippen LogP contribution in [0.2, 0.25) is 0 Å². The minimum Gasteiger partial charge on any atom is -0.445 e. The van der Waals surface area contributed by atoms with E-state index in [1.165, 1.54) is 0 Å². The highest BCUT2D eigenvalue weighted by Gasteiger charge is 2.32. The summed E-state index contributed by atoms with van der Waals surface area (Å²) in [7, 11) is 0. The molecule has 0 aliphatic heterocycles. The third-order valence-electron chi connectivity index (χ3n) is 1.35. The molecule has 2 nitrogen and oxygen atoms in total. The SMILES string of the molecule is F[B-](F)(F)c1cncc(OC(F)(F)F)c1. The highest BCUT2D eigenvalue weighted by atomic mass is 19.4. The predicted octanol–water partition coefficient (Wildman–Crippen LogP) is 2.03. The minimum atomic E-state index is -5.38. The van der Waals surface area contributed by atoms with Gasteiger partial charge >= 0.3 is 13.3 Å². The third kappa shape index (κ3) is 3.68. The highest BCUT2D eigenvalue weighted by molar-refractivity contribution is 6.73. The van der Waals surface area contributed by atoms with Gasteiger partial charge in [0.15, 0.2) is 0 Å². The first kappa shape index (κ1) is 11.7. The van der Waals surface area contributed by atoms with Gasteiger partial charge in [-0.25, -0.2) is 0 Å². The zero-order valence-electron chi connectivity index (χ0n) is 6.93. The monoisotopic (exact) mass is 230 g/mol. The molecular weight excluding hydrogens is 227 g/mol. The molecule has 0 fully saturated rings. The third-order valence-corrected chi connectivity index (χ3v) is 1.35. The molecule has 0 radical (unpaired) electrons. The van der Waals surface area contributed by atoms with Crippen LogP contribution < -0.4 is 10.2 Å². The number of hydrogen-bond donors (Lipinski definition) is 0. The zero-order valence-corrected chi connectivity index (χ0v) is 6.93. The molecule has 9 heteroatoms. The van der Waals surface area contributed by atoms with Crippen LogP contribution in [-0.4, -0.2) is 18.3 Å². The van der Waals surface area contributed by atoms with Gasteiger partial charge in [0.1, 0.15) is 5.75 Å².